The number of ether oxygens (including phenoxy) is 3. The average Bonchev–Trinajstić information content (AvgIpc) is 3.86. The second-order valence-electron chi connectivity index (χ2n) is 17.5. The number of anilines is 1. The Labute approximate surface area is 341 Å². The van der Waals surface area contributed by atoms with Gasteiger partial charge >= 0.3 is 12.1 Å². The minimum absolute atomic E-state index is 0.0231. The van der Waals surface area contributed by atoms with Crippen LogP contribution in [0.15, 0.2) is 18.2 Å². The Morgan fingerprint density at radius 1 is 1.07 bits per heavy atom. The molecule has 4 N–H and O–H groups in total. The second kappa shape index (κ2) is 15.4. The number of methoxy groups -OCH3 is 1. The average molecular weight is 825 g/mol. The van der Waals surface area contributed by atoms with Gasteiger partial charge in [0.15, 0.2) is 5.13 Å². The lowest BCUT2D eigenvalue weighted by molar-refractivity contribution is -0.146. The standard InChI is InChI=1S/C41H53ClN6O8S/c1-9-23-17-41(23,37(51)52)47-35(49)28-15-25(18-48(28)36(50)34(40(5,6)7)46-39(53)56-24-13-21-12-22(21)14-24)55-30-16-27(32-20(4)57-38(45-32)43-19(2)3)44-33-26(30)10-11-29(54-8)31(33)42/h10-11,16,19,21-25,28,34H,9,12-15,17-18H2,1-8H3,(H,43,45)(H,46,53)(H,47,49)(H,51,52)/t21-,22+,23-,24?,25-,28?,34-,41-/m1/s1. The fourth-order valence-corrected chi connectivity index (χ4v) is 9.80. The van der Waals surface area contributed by atoms with Gasteiger partial charge in [-0.1, -0.05) is 45.7 Å². The number of carbonyl (C=O) groups is 4. The lowest BCUT2D eigenvalue weighted by atomic mass is 9.85. The second-order valence-corrected chi connectivity index (χ2v) is 19.0. The third kappa shape index (κ3) is 8.19. The number of likely N-dealkylation sites (tertiary alicyclic amines) is 1. The molecule has 2 unspecified atom stereocenters. The molecular weight excluding hydrogens is 772 g/mol. The van der Waals surface area contributed by atoms with Crippen molar-refractivity contribution in [3.8, 4) is 22.9 Å². The Kier molecular flexibility index (Phi) is 11.0. The van der Waals surface area contributed by atoms with Crippen molar-refractivity contribution in [3.63, 3.8) is 0 Å². The van der Waals surface area contributed by atoms with Crippen LogP contribution in [0.4, 0.5) is 9.93 Å². The number of amides is 3. The fraction of sp³-hybridized carbons (Fsp3) is 0.610. The van der Waals surface area contributed by atoms with Crippen molar-refractivity contribution in [1.82, 2.24) is 25.5 Å². The summed E-state index contributed by atoms with van der Waals surface area (Å²) in [7, 11) is 1.52. The maximum absolute atomic E-state index is 14.7. The molecule has 3 aromatic rings. The zero-order valence-corrected chi connectivity index (χ0v) is 35.3. The van der Waals surface area contributed by atoms with Crippen molar-refractivity contribution in [1.29, 1.82) is 0 Å². The smallest absolute Gasteiger partial charge is 0.408 e. The van der Waals surface area contributed by atoms with E-state index in [4.69, 9.17) is 35.8 Å². The van der Waals surface area contributed by atoms with E-state index >= 15 is 0 Å². The van der Waals surface area contributed by atoms with E-state index in [-0.39, 0.29) is 36.1 Å². The van der Waals surface area contributed by atoms with Crippen molar-refractivity contribution in [3.05, 3.63) is 28.1 Å². The summed E-state index contributed by atoms with van der Waals surface area (Å²) in [6.45, 7) is 13.4. The summed E-state index contributed by atoms with van der Waals surface area (Å²) < 4.78 is 18.0. The van der Waals surface area contributed by atoms with Gasteiger partial charge in [-0.15, -0.1) is 11.3 Å². The summed E-state index contributed by atoms with van der Waals surface area (Å²) in [5.74, 6) is -0.393. The number of aromatic nitrogens is 2. The summed E-state index contributed by atoms with van der Waals surface area (Å²) in [4.78, 5) is 66.8. The van der Waals surface area contributed by atoms with E-state index in [0.29, 0.717) is 58.5 Å². The number of nitrogens with zero attached hydrogens (tertiary/aromatic N) is 3. The van der Waals surface area contributed by atoms with Crippen LogP contribution in [0.3, 0.4) is 0 Å². The highest BCUT2D eigenvalue weighted by Crippen LogP contribution is 2.52. The third-order valence-corrected chi connectivity index (χ3v) is 13.1. The number of rotatable bonds is 13. The predicted molar refractivity (Wildman–Crippen MR) is 217 cm³/mol. The number of fused-ring (bicyclic) bond motifs is 2. The highest BCUT2D eigenvalue weighted by atomic mass is 35.5. The molecule has 3 saturated carbocycles. The largest absolute Gasteiger partial charge is 0.495 e. The Balaban J connectivity index is 1.21. The zero-order valence-electron chi connectivity index (χ0n) is 33.7. The van der Waals surface area contributed by atoms with Gasteiger partial charge < -0.3 is 40.2 Å². The van der Waals surface area contributed by atoms with E-state index in [2.05, 4.69) is 16.0 Å². The van der Waals surface area contributed by atoms with Crippen LogP contribution in [-0.2, 0) is 19.1 Å². The Hall–Kier alpha value is -4.37. The van der Waals surface area contributed by atoms with Gasteiger partial charge in [-0.2, -0.15) is 0 Å². The summed E-state index contributed by atoms with van der Waals surface area (Å²) in [5, 5.41) is 20.8. The van der Waals surface area contributed by atoms with E-state index < -0.39 is 53.0 Å². The molecule has 1 saturated heterocycles. The highest BCUT2D eigenvalue weighted by Gasteiger charge is 2.61. The molecule has 57 heavy (non-hydrogen) atoms. The minimum Gasteiger partial charge on any atom is -0.495 e. The Morgan fingerprint density at radius 2 is 1.79 bits per heavy atom. The summed E-state index contributed by atoms with van der Waals surface area (Å²) in [5.41, 5.74) is -0.610. The number of halogens is 1. The number of carbonyl (C=O) groups excluding carboxylic acids is 3. The molecule has 3 aliphatic carbocycles. The number of hydrogen-bond acceptors (Lipinski definition) is 11. The van der Waals surface area contributed by atoms with Crippen molar-refractivity contribution >= 4 is 62.8 Å². The topological polar surface area (TPSA) is 181 Å². The van der Waals surface area contributed by atoms with Gasteiger partial charge in [-0.3, -0.25) is 9.59 Å². The van der Waals surface area contributed by atoms with E-state index in [9.17, 15) is 24.3 Å². The van der Waals surface area contributed by atoms with Crippen molar-refractivity contribution in [2.24, 2.45) is 23.2 Å². The number of hydrogen-bond donors (Lipinski definition) is 4. The minimum atomic E-state index is -1.41. The fourth-order valence-electron chi connectivity index (χ4n) is 8.55. The Morgan fingerprint density at radius 3 is 2.40 bits per heavy atom. The number of aliphatic carboxylic acids is 1. The molecule has 1 aliphatic heterocycles. The van der Waals surface area contributed by atoms with E-state index in [1.807, 2.05) is 48.5 Å². The number of carboxylic acids is 1. The first-order valence-electron chi connectivity index (χ1n) is 19.8. The van der Waals surface area contributed by atoms with E-state index in [1.165, 1.54) is 29.8 Å². The first kappa shape index (κ1) is 40.8. The van der Waals surface area contributed by atoms with E-state index in [1.54, 1.807) is 18.2 Å². The molecule has 0 spiro atoms. The van der Waals surface area contributed by atoms with Gasteiger partial charge in [0.05, 0.1) is 24.9 Å². The molecule has 4 fully saturated rings. The maximum atomic E-state index is 14.7. The predicted octanol–water partition coefficient (Wildman–Crippen LogP) is 6.81. The van der Waals surface area contributed by atoms with Gasteiger partial charge in [-0.05, 0) is 81.8 Å². The van der Waals surface area contributed by atoms with Gasteiger partial charge in [0.25, 0.3) is 0 Å². The molecule has 1 aromatic carbocycles. The highest BCUT2D eigenvalue weighted by molar-refractivity contribution is 7.16. The number of thiazole rings is 1. The molecule has 308 valence electrons. The first-order valence-corrected chi connectivity index (χ1v) is 21.0. The maximum Gasteiger partial charge on any atom is 0.408 e. The zero-order chi connectivity index (χ0) is 41.1. The number of nitrogens with one attached hydrogen (secondary N) is 3. The van der Waals surface area contributed by atoms with Gasteiger partial charge in [0.2, 0.25) is 11.8 Å². The molecule has 3 heterocycles. The molecule has 7 rings (SSSR count). The number of benzene rings is 1. The van der Waals surface area contributed by atoms with Gasteiger partial charge in [0.1, 0.15) is 52.0 Å². The quantitative estimate of drug-likeness (QED) is 0.142. The van der Waals surface area contributed by atoms with Gasteiger partial charge in [-0.25, -0.2) is 19.6 Å². The molecule has 0 radical (unpaired) electrons. The summed E-state index contributed by atoms with van der Waals surface area (Å²) >= 11 is 8.36. The van der Waals surface area contributed by atoms with Crippen LogP contribution in [0, 0.1) is 30.1 Å². The number of carboxylic acid groups (broad SMARTS) is 1. The molecule has 8 atom stereocenters. The van der Waals surface area contributed by atoms with Crippen molar-refractivity contribution < 1.29 is 38.5 Å². The lowest BCUT2D eigenvalue weighted by Gasteiger charge is -2.35. The molecule has 4 aliphatic rings. The molecule has 16 heteroatoms. The van der Waals surface area contributed by atoms with Crippen LogP contribution in [0.5, 0.6) is 11.5 Å². The first-order chi connectivity index (χ1) is 26.9. The number of alkyl carbamates (subject to hydrolysis) is 1. The van der Waals surface area contributed by atoms with Crippen molar-refractivity contribution in [2.75, 3.05) is 19.0 Å². The number of aryl methyl sites for hydroxylation is 1. The van der Waals surface area contributed by atoms with Crippen LogP contribution in [0.1, 0.15) is 84.9 Å². The summed E-state index contributed by atoms with van der Waals surface area (Å²) in [6.07, 6.45) is 2.16. The molecule has 0 bridgehead atoms. The molecule has 2 aromatic heterocycles. The van der Waals surface area contributed by atoms with Crippen LogP contribution in [-0.4, -0.2) is 93.4 Å². The van der Waals surface area contributed by atoms with Crippen LogP contribution < -0.4 is 25.4 Å². The van der Waals surface area contributed by atoms with Crippen molar-refractivity contribution in [2.45, 2.75) is 123 Å². The van der Waals surface area contributed by atoms with Crippen LogP contribution >= 0.6 is 22.9 Å². The normalized spacial score (nSPS) is 26.8. The van der Waals surface area contributed by atoms with Crippen LogP contribution in [0.25, 0.3) is 22.3 Å². The molecule has 3 amide bonds. The van der Waals surface area contributed by atoms with Gasteiger partial charge in [0, 0.05) is 28.8 Å². The SMILES string of the molecule is CC[C@@H]1C[C@]1(NC(=O)C1C[C@@H](Oc2cc(-c3nc(NC(C)C)sc3C)nc3c(Cl)c(OC)ccc23)CN1C(=O)[C@@H](NC(=O)OC1C[C@@H]2C[C@@H]2C1)C(C)(C)C)C(=O)O. The summed E-state index contributed by atoms with van der Waals surface area (Å²) in [6, 6.07) is 3.30. The third-order valence-electron chi connectivity index (χ3n) is 11.8. The molecule has 14 nitrogen and oxygen atoms in total. The van der Waals surface area contributed by atoms with Crippen LogP contribution in [0.2, 0.25) is 5.02 Å². The number of pyridine rings is 1. The van der Waals surface area contributed by atoms with E-state index in [0.717, 1.165) is 22.9 Å². The Bertz CT molecular complexity index is 2080. The monoisotopic (exact) mass is 824 g/mol. The molecular formula is C41H53ClN6O8S. The lowest BCUT2D eigenvalue weighted by Crippen LogP contribution is -2.59.